The maximum atomic E-state index is 10.7. The van der Waals surface area contributed by atoms with Gasteiger partial charge in [-0.1, -0.05) is 6.92 Å². The van der Waals surface area contributed by atoms with Gasteiger partial charge in [0.15, 0.2) is 0 Å². The highest BCUT2D eigenvalue weighted by Gasteiger charge is 2.14. The summed E-state index contributed by atoms with van der Waals surface area (Å²) in [6.45, 7) is 1.68. The Balaban J connectivity index is 2.32. The maximum absolute atomic E-state index is 10.7. The highest BCUT2D eigenvalue weighted by atomic mass is 16.4. The quantitative estimate of drug-likeness (QED) is 0.811. The Morgan fingerprint density at radius 1 is 1.60 bits per heavy atom. The van der Waals surface area contributed by atoms with E-state index in [1.807, 2.05) is 12.1 Å². The highest BCUT2D eigenvalue weighted by molar-refractivity contribution is 5.69. The van der Waals surface area contributed by atoms with Crippen molar-refractivity contribution in [2.24, 2.45) is 5.92 Å². The fourth-order valence-electron chi connectivity index (χ4n) is 1.47. The molecule has 0 radical (unpaired) electrons. The molecule has 0 fully saturated rings. The molecule has 2 aromatic rings. The van der Waals surface area contributed by atoms with Gasteiger partial charge in [0.05, 0.1) is 17.6 Å². The zero-order valence-corrected chi connectivity index (χ0v) is 8.29. The van der Waals surface area contributed by atoms with Crippen molar-refractivity contribution in [2.45, 2.75) is 13.3 Å². The summed E-state index contributed by atoms with van der Waals surface area (Å²) in [6.07, 6.45) is 3.62. The molecule has 0 bridgehead atoms. The van der Waals surface area contributed by atoms with E-state index in [2.05, 4.69) is 10.1 Å². The van der Waals surface area contributed by atoms with Crippen LogP contribution in [0.3, 0.4) is 0 Å². The van der Waals surface area contributed by atoms with Crippen molar-refractivity contribution < 1.29 is 9.90 Å². The number of fused-ring (bicyclic) bond motifs is 1. The van der Waals surface area contributed by atoms with Crippen LogP contribution in [0.15, 0.2) is 24.7 Å². The van der Waals surface area contributed by atoms with Crippen molar-refractivity contribution in [1.29, 1.82) is 0 Å². The number of aromatic nitrogens is 3. The van der Waals surface area contributed by atoms with Gasteiger partial charge in [0, 0.05) is 12.1 Å². The van der Waals surface area contributed by atoms with Gasteiger partial charge in [0.1, 0.15) is 6.33 Å². The van der Waals surface area contributed by atoms with Gasteiger partial charge in [0.2, 0.25) is 0 Å². The van der Waals surface area contributed by atoms with Gasteiger partial charge in [-0.25, -0.2) is 9.50 Å². The number of hydrogen-bond acceptors (Lipinski definition) is 3. The minimum Gasteiger partial charge on any atom is -0.481 e. The molecule has 0 saturated heterocycles. The summed E-state index contributed by atoms with van der Waals surface area (Å²) < 4.78 is 1.71. The maximum Gasteiger partial charge on any atom is 0.306 e. The van der Waals surface area contributed by atoms with Gasteiger partial charge in [0.25, 0.3) is 0 Å². The van der Waals surface area contributed by atoms with E-state index in [-0.39, 0.29) is 0 Å². The number of carboxylic acid groups (broad SMARTS) is 1. The molecule has 5 nitrogen and oxygen atoms in total. The third-order valence-electron chi connectivity index (χ3n) is 2.34. The first-order chi connectivity index (χ1) is 7.18. The SMILES string of the molecule is CC(Cc1ccc2cncnn12)C(=O)O. The summed E-state index contributed by atoms with van der Waals surface area (Å²) in [5.41, 5.74) is 1.77. The van der Waals surface area contributed by atoms with Crippen molar-refractivity contribution in [2.75, 3.05) is 0 Å². The molecule has 0 aliphatic carbocycles. The van der Waals surface area contributed by atoms with Crippen molar-refractivity contribution >= 4 is 11.5 Å². The van der Waals surface area contributed by atoms with Gasteiger partial charge in [-0.05, 0) is 12.1 Å². The average Bonchev–Trinajstić information content (AvgIpc) is 2.62. The molecule has 0 saturated carbocycles. The van der Waals surface area contributed by atoms with E-state index in [0.717, 1.165) is 11.2 Å². The number of hydrogen-bond donors (Lipinski definition) is 1. The molecule has 0 aliphatic rings. The molecule has 78 valence electrons. The topological polar surface area (TPSA) is 67.5 Å². The van der Waals surface area contributed by atoms with Crippen LogP contribution in [0.25, 0.3) is 5.52 Å². The first-order valence-electron chi connectivity index (χ1n) is 4.68. The largest absolute Gasteiger partial charge is 0.481 e. The number of aliphatic carboxylic acids is 1. The first kappa shape index (κ1) is 9.64. The normalized spacial score (nSPS) is 12.9. The molecular formula is C10H11N3O2. The second-order valence-corrected chi connectivity index (χ2v) is 3.51. The molecular weight excluding hydrogens is 194 g/mol. The van der Waals surface area contributed by atoms with Crippen molar-refractivity contribution in [3.63, 3.8) is 0 Å². The van der Waals surface area contributed by atoms with E-state index in [1.54, 1.807) is 17.6 Å². The Labute approximate surface area is 86.4 Å². The van der Waals surface area contributed by atoms with Crippen LogP contribution < -0.4 is 0 Å². The molecule has 0 aliphatic heterocycles. The molecule has 0 spiro atoms. The van der Waals surface area contributed by atoms with Crippen LogP contribution >= 0.6 is 0 Å². The van der Waals surface area contributed by atoms with Crippen LogP contribution in [-0.4, -0.2) is 25.7 Å². The van der Waals surface area contributed by atoms with Crippen molar-refractivity contribution in [3.8, 4) is 0 Å². The van der Waals surface area contributed by atoms with E-state index >= 15 is 0 Å². The monoisotopic (exact) mass is 205 g/mol. The summed E-state index contributed by atoms with van der Waals surface area (Å²) >= 11 is 0. The Morgan fingerprint density at radius 2 is 2.40 bits per heavy atom. The predicted molar refractivity (Wildman–Crippen MR) is 53.5 cm³/mol. The van der Waals surface area contributed by atoms with Crippen LogP contribution in [0, 0.1) is 5.92 Å². The summed E-state index contributed by atoms with van der Waals surface area (Å²) in [5, 5.41) is 12.9. The zero-order chi connectivity index (χ0) is 10.8. The summed E-state index contributed by atoms with van der Waals surface area (Å²) in [4.78, 5) is 14.6. The lowest BCUT2D eigenvalue weighted by atomic mass is 10.1. The molecule has 1 N–H and O–H groups in total. The zero-order valence-electron chi connectivity index (χ0n) is 8.29. The minimum absolute atomic E-state index is 0.405. The molecule has 2 rings (SSSR count). The number of carboxylic acids is 1. The molecule has 2 aromatic heterocycles. The van der Waals surface area contributed by atoms with E-state index < -0.39 is 11.9 Å². The van der Waals surface area contributed by atoms with Crippen LogP contribution in [0.1, 0.15) is 12.6 Å². The summed E-state index contributed by atoms with van der Waals surface area (Å²) in [6, 6.07) is 3.76. The minimum atomic E-state index is -0.793. The van der Waals surface area contributed by atoms with Gasteiger partial charge in [-0.2, -0.15) is 5.10 Å². The lowest BCUT2D eigenvalue weighted by Gasteiger charge is -2.05. The Morgan fingerprint density at radius 3 is 3.13 bits per heavy atom. The second-order valence-electron chi connectivity index (χ2n) is 3.51. The highest BCUT2D eigenvalue weighted by Crippen LogP contribution is 2.11. The third-order valence-corrected chi connectivity index (χ3v) is 2.34. The number of rotatable bonds is 3. The van der Waals surface area contributed by atoms with Crippen LogP contribution in [-0.2, 0) is 11.2 Å². The summed E-state index contributed by atoms with van der Waals surface area (Å²) in [5.74, 6) is -1.20. The van der Waals surface area contributed by atoms with Crippen molar-refractivity contribution in [3.05, 3.63) is 30.4 Å². The predicted octanol–water partition coefficient (Wildman–Crippen LogP) is 0.992. The molecule has 2 heterocycles. The third kappa shape index (κ3) is 1.81. The van der Waals surface area contributed by atoms with Gasteiger partial charge in [-0.15, -0.1) is 0 Å². The van der Waals surface area contributed by atoms with E-state index in [0.29, 0.717) is 6.42 Å². The Bertz CT molecular complexity index is 492. The first-order valence-corrected chi connectivity index (χ1v) is 4.68. The average molecular weight is 205 g/mol. The lowest BCUT2D eigenvalue weighted by molar-refractivity contribution is -0.141. The lowest BCUT2D eigenvalue weighted by Crippen LogP contribution is -2.13. The number of nitrogens with zero attached hydrogens (tertiary/aromatic N) is 3. The fraction of sp³-hybridized carbons (Fsp3) is 0.300. The Kier molecular flexibility index (Phi) is 2.37. The molecule has 1 atom stereocenters. The molecule has 1 unspecified atom stereocenters. The fourth-order valence-corrected chi connectivity index (χ4v) is 1.47. The standard InChI is InChI=1S/C10H11N3O2/c1-7(10(14)15)4-8-2-3-9-5-11-6-12-13(8)9/h2-3,5-7H,4H2,1H3,(H,14,15). The smallest absolute Gasteiger partial charge is 0.306 e. The van der Waals surface area contributed by atoms with Crippen LogP contribution in [0.5, 0.6) is 0 Å². The molecule has 5 heteroatoms. The van der Waals surface area contributed by atoms with Gasteiger partial charge < -0.3 is 5.11 Å². The van der Waals surface area contributed by atoms with Gasteiger partial charge in [-0.3, -0.25) is 4.79 Å². The van der Waals surface area contributed by atoms with Crippen LogP contribution in [0.4, 0.5) is 0 Å². The molecule has 0 aromatic carbocycles. The summed E-state index contributed by atoms with van der Waals surface area (Å²) in [7, 11) is 0. The van der Waals surface area contributed by atoms with Gasteiger partial charge >= 0.3 is 5.97 Å². The van der Waals surface area contributed by atoms with Crippen LogP contribution in [0.2, 0.25) is 0 Å². The number of carbonyl (C=O) groups is 1. The Hall–Kier alpha value is -1.91. The van der Waals surface area contributed by atoms with E-state index in [1.165, 1.54) is 6.33 Å². The van der Waals surface area contributed by atoms with E-state index in [4.69, 9.17) is 5.11 Å². The second kappa shape index (κ2) is 3.68. The van der Waals surface area contributed by atoms with Crippen molar-refractivity contribution in [1.82, 2.24) is 14.6 Å². The molecule has 15 heavy (non-hydrogen) atoms. The molecule has 0 amide bonds. The van der Waals surface area contributed by atoms with E-state index in [9.17, 15) is 4.79 Å².